The van der Waals surface area contributed by atoms with Gasteiger partial charge in [0.05, 0.1) is 6.26 Å². The first-order valence-electron chi connectivity index (χ1n) is 9.27. The topological polar surface area (TPSA) is 71.8 Å². The highest BCUT2D eigenvalue weighted by atomic mass is 19.4. The van der Waals surface area contributed by atoms with Gasteiger partial charge in [0.1, 0.15) is 5.75 Å². The van der Waals surface area contributed by atoms with Crippen molar-refractivity contribution in [3.05, 3.63) is 54.0 Å². The number of amides is 2. The molecule has 0 unspecified atom stereocenters. The van der Waals surface area contributed by atoms with E-state index in [1.54, 1.807) is 17.0 Å². The lowest BCUT2D eigenvalue weighted by Crippen LogP contribution is -2.43. The monoisotopic (exact) mass is 410 g/mol. The second-order valence-electron chi connectivity index (χ2n) is 6.78. The normalized spacial score (nSPS) is 15.2. The smallest absolute Gasteiger partial charge is 0.459 e. The predicted molar refractivity (Wildman–Crippen MR) is 97.2 cm³/mol. The number of alkyl halides is 3. The van der Waals surface area contributed by atoms with Crippen LogP contribution in [0.2, 0.25) is 0 Å². The molecule has 1 N–H and O–H groups in total. The Labute approximate surface area is 165 Å². The molecule has 3 rings (SSSR count). The Morgan fingerprint density at radius 3 is 2.41 bits per heavy atom. The van der Waals surface area contributed by atoms with E-state index in [9.17, 15) is 22.8 Å². The van der Waals surface area contributed by atoms with Crippen LogP contribution in [0.5, 0.6) is 5.75 Å². The molecule has 2 heterocycles. The maximum Gasteiger partial charge on any atom is 0.573 e. The molecule has 29 heavy (non-hydrogen) atoms. The van der Waals surface area contributed by atoms with E-state index in [0.29, 0.717) is 44.7 Å². The minimum absolute atomic E-state index is 0.0767. The molecule has 1 aliphatic rings. The Balaban J connectivity index is 1.38. The van der Waals surface area contributed by atoms with E-state index < -0.39 is 6.36 Å². The molecule has 9 heteroatoms. The molecule has 2 aromatic rings. The number of nitrogens with zero attached hydrogens (tertiary/aromatic N) is 1. The average molecular weight is 410 g/mol. The minimum Gasteiger partial charge on any atom is -0.459 e. The third kappa shape index (κ3) is 6.00. The summed E-state index contributed by atoms with van der Waals surface area (Å²) in [6.45, 7) is 1.35. The number of benzene rings is 1. The summed E-state index contributed by atoms with van der Waals surface area (Å²) in [4.78, 5) is 26.2. The first kappa shape index (κ1) is 20.8. The highest BCUT2D eigenvalue weighted by Gasteiger charge is 2.31. The zero-order valence-electron chi connectivity index (χ0n) is 15.6. The van der Waals surface area contributed by atoms with E-state index in [1.165, 1.54) is 30.5 Å². The Hall–Kier alpha value is -2.97. The molecular weight excluding hydrogens is 389 g/mol. The number of ether oxygens (including phenoxy) is 1. The van der Waals surface area contributed by atoms with Crippen molar-refractivity contribution < 1.29 is 31.9 Å². The van der Waals surface area contributed by atoms with Crippen molar-refractivity contribution in [2.45, 2.75) is 25.6 Å². The van der Waals surface area contributed by atoms with Gasteiger partial charge in [0, 0.05) is 25.6 Å². The molecule has 156 valence electrons. The molecule has 0 aliphatic carbocycles. The van der Waals surface area contributed by atoms with Crippen LogP contribution in [0.3, 0.4) is 0 Å². The van der Waals surface area contributed by atoms with E-state index in [4.69, 9.17) is 4.42 Å². The Morgan fingerprint density at radius 2 is 1.83 bits per heavy atom. The quantitative estimate of drug-likeness (QED) is 0.793. The number of carbonyl (C=O) groups excluding carboxylic acids is 2. The second kappa shape index (κ2) is 9.02. The van der Waals surface area contributed by atoms with Crippen molar-refractivity contribution in [2.75, 3.05) is 19.6 Å². The Kier molecular flexibility index (Phi) is 6.46. The molecule has 6 nitrogen and oxygen atoms in total. The van der Waals surface area contributed by atoms with Crippen LogP contribution in [-0.2, 0) is 11.2 Å². The standard InChI is InChI=1S/C20H21F3N2O4/c21-20(22,23)29-16-5-3-14(4-6-16)7-10-24-18(26)15-8-11-25(12-9-15)19(27)17-2-1-13-28-17/h1-6,13,15H,7-12H2,(H,24,26). The Bertz CT molecular complexity index is 811. The van der Waals surface area contributed by atoms with Gasteiger partial charge in [0.25, 0.3) is 5.91 Å². The van der Waals surface area contributed by atoms with Crippen LogP contribution < -0.4 is 10.1 Å². The molecule has 2 amide bonds. The number of nitrogens with one attached hydrogen (secondary N) is 1. The van der Waals surface area contributed by atoms with Crippen molar-refractivity contribution in [3.8, 4) is 5.75 Å². The van der Waals surface area contributed by atoms with Crippen LogP contribution >= 0.6 is 0 Å². The van der Waals surface area contributed by atoms with Gasteiger partial charge in [-0.1, -0.05) is 12.1 Å². The molecule has 0 bridgehead atoms. The van der Waals surface area contributed by atoms with Crippen molar-refractivity contribution in [1.29, 1.82) is 0 Å². The van der Waals surface area contributed by atoms with Gasteiger partial charge in [0.2, 0.25) is 5.91 Å². The van der Waals surface area contributed by atoms with Gasteiger partial charge < -0.3 is 19.4 Å². The first-order chi connectivity index (χ1) is 13.8. The van der Waals surface area contributed by atoms with Crippen molar-refractivity contribution >= 4 is 11.8 Å². The number of furan rings is 1. The third-order valence-electron chi connectivity index (χ3n) is 4.75. The molecule has 0 radical (unpaired) electrons. The summed E-state index contributed by atoms with van der Waals surface area (Å²) < 4.78 is 45.4. The predicted octanol–water partition coefficient (Wildman–Crippen LogP) is 3.39. The average Bonchev–Trinajstić information content (AvgIpc) is 3.22. The summed E-state index contributed by atoms with van der Waals surface area (Å²) in [6, 6.07) is 8.83. The van der Waals surface area contributed by atoms with E-state index in [1.807, 2.05) is 0 Å². The first-order valence-corrected chi connectivity index (χ1v) is 9.27. The van der Waals surface area contributed by atoms with Crippen LogP contribution in [0, 0.1) is 5.92 Å². The van der Waals surface area contributed by atoms with Crippen LogP contribution in [-0.4, -0.2) is 42.7 Å². The fourth-order valence-corrected chi connectivity index (χ4v) is 3.23. The molecule has 0 atom stereocenters. The van der Waals surface area contributed by atoms with Crippen molar-refractivity contribution in [3.63, 3.8) is 0 Å². The summed E-state index contributed by atoms with van der Waals surface area (Å²) in [5, 5.41) is 2.85. The summed E-state index contributed by atoms with van der Waals surface area (Å²) in [7, 11) is 0. The Morgan fingerprint density at radius 1 is 1.14 bits per heavy atom. The number of likely N-dealkylation sites (tertiary alicyclic amines) is 1. The molecule has 0 spiro atoms. The third-order valence-corrected chi connectivity index (χ3v) is 4.75. The second-order valence-corrected chi connectivity index (χ2v) is 6.78. The van der Waals surface area contributed by atoms with Crippen LogP contribution in [0.1, 0.15) is 29.0 Å². The van der Waals surface area contributed by atoms with Crippen LogP contribution in [0.15, 0.2) is 47.1 Å². The van der Waals surface area contributed by atoms with E-state index in [-0.39, 0.29) is 23.5 Å². The molecule has 1 aromatic carbocycles. The zero-order chi connectivity index (χ0) is 20.9. The number of hydrogen-bond donors (Lipinski definition) is 1. The largest absolute Gasteiger partial charge is 0.573 e. The molecular formula is C20H21F3N2O4. The number of halogens is 3. The van der Waals surface area contributed by atoms with Gasteiger partial charge in [-0.15, -0.1) is 13.2 Å². The van der Waals surface area contributed by atoms with E-state index in [0.717, 1.165) is 5.56 Å². The maximum atomic E-state index is 12.3. The summed E-state index contributed by atoms with van der Waals surface area (Å²) in [5.41, 5.74) is 0.790. The lowest BCUT2D eigenvalue weighted by atomic mass is 9.95. The van der Waals surface area contributed by atoms with Gasteiger partial charge in [-0.3, -0.25) is 9.59 Å². The fraction of sp³-hybridized carbons (Fsp3) is 0.400. The summed E-state index contributed by atoms with van der Waals surface area (Å²) in [6.07, 6.45) is -1.63. The number of carbonyl (C=O) groups is 2. The maximum absolute atomic E-state index is 12.3. The van der Waals surface area contributed by atoms with Gasteiger partial charge in [-0.05, 0) is 49.1 Å². The molecule has 1 saturated heterocycles. The number of hydrogen-bond acceptors (Lipinski definition) is 4. The van der Waals surface area contributed by atoms with Gasteiger partial charge in [-0.2, -0.15) is 0 Å². The van der Waals surface area contributed by atoms with Crippen molar-refractivity contribution in [1.82, 2.24) is 10.2 Å². The van der Waals surface area contributed by atoms with Crippen LogP contribution in [0.4, 0.5) is 13.2 Å². The highest BCUT2D eigenvalue weighted by Crippen LogP contribution is 2.23. The number of rotatable bonds is 6. The van der Waals surface area contributed by atoms with E-state index >= 15 is 0 Å². The van der Waals surface area contributed by atoms with Gasteiger partial charge in [0.15, 0.2) is 5.76 Å². The molecule has 0 saturated carbocycles. The minimum atomic E-state index is -4.71. The summed E-state index contributed by atoms with van der Waals surface area (Å²) >= 11 is 0. The summed E-state index contributed by atoms with van der Waals surface area (Å²) in [5.74, 6) is -0.405. The van der Waals surface area contributed by atoms with Crippen LogP contribution in [0.25, 0.3) is 0 Å². The zero-order valence-corrected chi connectivity index (χ0v) is 15.6. The number of piperidine rings is 1. The highest BCUT2D eigenvalue weighted by molar-refractivity contribution is 5.91. The molecule has 1 aromatic heterocycles. The van der Waals surface area contributed by atoms with E-state index in [2.05, 4.69) is 10.1 Å². The lowest BCUT2D eigenvalue weighted by Gasteiger charge is -2.30. The fourth-order valence-electron chi connectivity index (χ4n) is 3.23. The van der Waals surface area contributed by atoms with Crippen molar-refractivity contribution in [2.24, 2.45) is 5.92 Å². The van der Waals surface area contributed by atoms with Gasteiger partial charge in [-0.25, -0.2) is 0 Å². The molecule has 1 fully saturated rings. The van der Waals surface area contributed by atoms with Gasteiger partial charge >= 0.3 is 6.36 Å². The molecule has 1 aliphatic heterocycles. The SMILES string of the molecule is O=C(NCCc1ccc(OC(F)(F)F)cc1)C1CCN(C(=O)c2ccco2)CC1. The lowest BCUT2D eigenvalue weighted by molar-refractivity contribution is -0.274.